The molecule has 3 nitrogen and oxygen atoms in total. The molecule has 17 heavy (non-hydrogen) atoms. The molecule has 3 aromatic rings. The molecule has 0 aliphatic rings. The minimum atomic E-state index is -0.0988. The van der Waals surface area contributed by atoms with Gasteiger partial charge in [0.2, 0.25) is 0 Å². The lowest BCUT2D eigenvalue weighted by molar-refractivity contribution is 0.614. The molecular weight excluding hydrogens is 210 g/mol. The highest BCUT2D eigenvalue weighted by Gasteiger charge is 2.09. The van der Waals surface area contributed by atoms with Crippen molar-refractivity contribution >= 4 is 21.8 Å². The first-order valence-electron chi connectivity index (χ1n) is 5.70. The van der Waals surface area contributed by atoms with Gasteiger partial charge in [0.25, 0.3) is 0 Å². The summed E-state index contributed by atoms with van der Waals surface area (Å²) >= 11 is 0. The van der Waals surface area contributed by atoms with Crippen LogP contribution in [0.15, 0.2) is 42.7 Å². The second kappa shape index (κ2) is 3.86. The van der Waals surface area contributed by atoms with Crippen LogP contribution in [0, 0.1) is 6.42 Å². The zero-order valence-electron chi connectivity index (χ0n) is 9.67. The predicted molar refractivity (Wildman–Crippen MR) is 70.4 cm³/mol. The molecule has 0 bridgehead atoms. The van der Waals surface area contributed by atoms with Gasteiger partial charge in [0.15, 0.2) is 0 Å². The van der Waals surface area contributed by atoms with E-state index in [1.165, 1.54) is 5.39 Å². The molecule has 0 saturated heterocycles. The van der Waals surface area contributed by atoms with Gasteiger partial charge in [-0.15, -0.1) is 0 Å². The lowest BCUT2D eigenvalue weighted by Crippen LogP contribution is -2.16. The number of hydrogen-bond donors (Lipinski definition) is 1. The van der Waals surface area contributed by atoms with E-state index in [2.05, 4.69) is 27.8 Å². The fourth-order valence-electron chi connectivity index (χ4n) is 2.22. The minimum Gasteiger partial charge on any atom is -0.331 e. The number of nitrogens with two attached hydrogens (primary N) is 1. The molecule has 85 valence electrons. The summed E-state index contributed by atoms with van der Waals surface area (Å²) in [6.45, 7) is 1.97. The van der Waals surface area contributed by atoms with Crippen LogP contribution in [0.4, 0.5) is 0 Å². The second-order valence-electron chi connectivity index (χ2n) is 4.12. The first-order chi connectivity index (χ1) is 8.31. The van der Waals surface area contributed by atoms with Crippen molar-refractivity contribution in [1.29, 1.82) is 0 Å². The average molecular weight is 224 g/mol. The van der Waals surface area contributed by atoms with Crippen LogP contribution >= 0.6 is 0 Å². The van der Waals surface area contributed by atoms with Gasteiger partial charge in [-0.2, -0.15) is 0 Å². The number of benzene rings is 1. The van der Waals surface area contributed by atoms with Gasteiger partial charge < -0.3 is 10.3 Å². The zero-order chi connectivity index (χ0) is 11.8. The van der Waals surface area contributed by atoms with Gasteiger partial charge in [-0.3, -0.25) is 4.98 Å². The van der Waals surface area contributed by atoms with Gasteiger partial charge in [-0.05, 0) is 30.7 Å². The van der Waals surface area contributed by atoms with Crippen LogP contribution in [0.25, 0.3) is 21.8 Å². The van der Waals surface area contributed by atoms with E-state index in [-0.39, 0.29) is 6.17 Å². The second-order valence-corrected chi connectivity index (χ2v) is 4.12. The number of aromatic nitrogens is 2. The predicted octanol–water partition coefficient (Wildman–Crippen LogP) is 2.87. The fraction of sp³-hybridized carbons (Fsp3) is 0.143. The van der Waals surface area contributed by atoms with Crippen molar-refractivity contribution in [3.05, 3.63) is 49.1 Å². The summed E-state index contributed by atoms with van der Waals surface area (Å²) in [4.78, 5) is 4.37. The summed E-state index contributed by atoms with van der Waals surface area (Å²) in [6, 6.07) is 10.3. The Morgan fingerprint density at radius 3 is 3.00 bits per heavy atom. The topological polar surface area (TPSA) is 43.8 Å². The molecule has 1 aromatic carbocycles. The van der Waals surface area contributed by atoms with Crippen molar-refractivity contribution in [3.8, 4) is 0 Å². The van der Waals surface area contributed by atoms with Crippen molar-refractivity contribution in [3.63, 3.8) is 0 Å². The Bertz CT molecular complexity index is 669. The largest absolute Gasteiger partial charge is 0.331 e. The summed E-state index contributed by atoms with van der Waals surface area (Å²) in [5.74, 6) is 0. The SMILES string of the molecule is C[CH][C@H](N)n1ccc2ccc3ncccc3c21. The molecular formula is C14H14N3. The zero-order valence-corrected chi connectivity index (χ0v) is 9.67. The first-order valence-corrected chi connectivity index (χ1v) is 5.70. The molecule has 2 aromatic heterocycles. The number of rotatable bonds is 2. The van der Waals surface area contributed by atoms with Gasteiger partial charge in [-0.1, -0.05) is 13.0 Å². The van der Waals surface area contributed by atoms with Crippen LogP contribution in [0.5, 0.6) is 0 Å². The lowest BCUT2D eigenvalue weighted by Gasteiger charge is -2.13. The van der Waals surface area contributed by atoms with Crippen LogP contribution in [-0.2, 0) is 0 Å². The van der Waals surface area contributed by atoms with Crippen molar-refractivity contribution in [2.75, 3.05) is 0 Å². The van der Waals surface area contributed by atoms with E-state index in [9.17, 15) is 0 Å². The molecule has 3 rings (SSSR count). The van der Waals surface area contributed by atoms with Crippen LogP contribution in [0.2, 0.25) is 0 Å². The first kappa shape index (κ1) is 10.3. The van der Waals surface area contributed by atoms with E-state index in [4.69, 9.17) is 5.73 Å². The molecule has 0 amide bonds. The maximum atomic E-state index is 6.08. The molecule has 0 fully saturated rings. The molecule has 0 aliphatic carbocycles. The summed E-state index contributed by atoms with van der Waals surface area (Å²) < 4.78 is 2.08. The van der Waals surface area contributed by atoms with Crippen molar-refractivity contribution in [1.82, 2.24) is 9.55 Å². The van der Waals surface area contributed by atoms with Gasteiger partial charge in [-0.25, -0.2) is 0 Å². The van der Waals surface area contributed by atoms with Crippen molar-refractivity contribution in [2.24, 2.45) is 5.73 Å². The Balaban J connectivity index is 2.42. The molecule has 2 heterocycles. The molecule has 3 heteroatoms. The Morgan fingerprint density at radius 1 is 1.29 bits per heavy atom. The summed E-state index contributed by atoms with van der Waals surface area (Å²) in [6.07, 6.45) is 5.72. The standard InChI is InChI=1S/C14H14N3/c1-2-13(15)17-9-7-10-5-6-12-11(14(10)17)4-3-8-16-12/h2-9,13H,15H2,1H3/t13-/m1/s1. The molecule has 1 radical (unpaired) electrons. The highest BCUT2D eigenvalue weighted by Crippen LogP contribution is 2.26. The summed E-state index contributed by atoms with van der Waals surface area (Å²) in [7, 11) is 0. The summed E-state index contributed by atoms with van der Waals surface area (Å²) in [5, 5.41) is 2.34. The lowest BCUT2D eigenvalue weighted by atomic mass is 10.1. The highest BCUT2D eigenvalue weighted by atomic mass is 15.1. The van der Waals surface area contributed by atoms with E-state index >= 15 is 0 Å². The van der Waals surface area contributed by atoms with Gasteiger partial charge >= 0.3 is 0 Å². The monoisotopic (exact) mass is 224 g/mol. The van der Waals surface area contributed by atoms with E-state index in [1.807, 2.05) is 37.9 Å². The molecule has 1 atom stereocenters. The smallest absolute Gasteiger partial charge is 0.0844 e. The quantitative estimate of drug-likeness (QED) is 0.727. The van der Waals surface area contributed by atoms with Crippen LogP contribution < -0.4 is 5.73 Å². The highest BCUT2D eigenvalue weighted by molar-refractivity contribution is 6.04. The third kappa shape index (κ3) is 1.51. The van der Waals surface area contributed by atoms with Crippen molar-refractivity contribution in [2.45, 2.75) is 13.1 Å². The number of hydrogen-bond acceptors (Lipinski definition) is 2. The van der Waals surface area contributed by atoms with E-state index in [0.717, 1.165) is 16.4 Å². The van der Waals surface area contributed by atoms with Crippen molar-refractivity contribution < 1.29 is 0 Å². The number of nitrogens with zero attached hydrogens (tertiary/aromatic N) is 2. The maximum absolute atomic E-state index is 6.08. The molecule has 0 saturated carbocycles. The molecule has 0 aliphatic heterocycles. The van der Waals surface area contributed by atoms with Crippen LogP contribution in [0.3, 0.4) is 0 Å². The Kier molecular flexibility index (Phi) is 2.34. The normalized spacial score (nSPS) is 13.3. The van der Waals surface area contributed by atoms with Gasteiger partial charge in [0.1, 0.15) is 0 Å². The maximum Gasteiger partial charge on any atom is 0.0844 e. The molecule has 0 spiro atoms. The number of pyridine rings is 1. The minimum absolute atomic E-state index is 0.0988. The molecule has 0 unspecified atom stereocenters. The Labute approximate surface area is 99.9 Å². The Hall–Kier alpha value is -1.87. The van der Waals surface area contributed by atoms with Gasteiger partial charge in [0, 0.05) is 23.2 Å². The Morgan fingerprint density at radius 2 is 2.18 bits per heavy atom. The third-order valence-electron chi connectivity index (χ3n) is 3.12. The van der Waals surface area contributed by atoms with E-state index in [1.54, 1.807) is 0 Å². The molecule has 2 N–H and O–H groups in total. The fourth-order valence-corrected chi connectivity index (χ4v) is 2.22. The van der Waals surface area contributed by atoms with Crippen LogP contribution in [-0.4, -0.2) is 9.55 Å². The number of fused-ring (bicyclic) bond motifs is 3. The summed E-state index contributed by atoms with van der Waals surface area (Å²) in [5.41, 5.74) is 8.24. The van der Waals surface area contributed by atoms with Crippen LogP contribution in [0.1, 0.15) is 13.1 Å². The third-order valence-corrected chi connectivity index (χ3v) is 3.12. The van der Waals surface area contributed by atoms with E-state index < -0.39 is 0 Å². The van der Waals surface area contributed by atoms with E-state index in [0.29, 0.717) is 0 Å². The van der Waals surface area contributed by atoms with Gasteiger partial charge in [0.05, 0.1) is 17.2 Å². The average Bonchev–Trinajstić information content (AvgIpc) is 2.82.